The Hall–Kier alpha value is -3.45. The van der Waals surface area contributed by atoms with Crippen molar-refractivity contribution in [2.45, 2.75) is 26.4 Å². The van der Waals surface area contributed by atoms with Gasteiger partial charge in [0.25, 0.3) is 0 Å². The molecule has 7 heteroatoms. The Balaban J connectivity index is 2.12. The molecule has 1 aromatic rings. The lowest BCUT2D eigenvalue weighted by Crippen LogP contribution is -2.45. The molecule has 1 unspecified atom stereocenters. The van der Waals surface area contributed by atoms with E-state index in [1.165, 1.54) is 11.0 Å². The summed E-state index contributed by atoms with van der Waals surface area (Å²) in [7, 11) is 0. The number of halogens is 1. The van der Waals surface area contributed by atoms with Crippen LogP contribution in [0.25, 0.3) is 5.57 Å². The first-order valence-corrected chi connectivity index (χ1v) is 9.23. The van der Waals surface area contributed by atoms with Gasteiger partial charge in [0.15, 0.2) is 0 Å². The smallest absolute Gasteiger partial charge is 0.410 e. The molecule has 2 atom stereocenters. The van der Waals surface area contributed by atoms with Crippen LogP contribution >= 0.6 is 0 Å². The molecule has 1 aromatic carbocycles. The molecule has 0 spiro atoms. The highest BCUT2D eigenvalue weighted by molar-refractivity contribution is 6.14. The lowest BCUT2D eigenvalue weighted by atomic mass is 9.69. The summed E-state index contributed by atoms with van der Waals surface area (Å²) in [5.41, 5.74) is 0.326. The van der Waals surface area contributed by atoms with E-state index < -0.39 is 29.3 Å². The average Bonchev–Trinajstić information content (AvgIpc) is 2.66. The van der Waals surface area contributed by atoms with Gasteiger partial charge in [0, 0.05) is 24.6 Å². The van der Waals surface area contributed by atoms with Crippen molar-refractivity contribution in [1.82, 2.24) is 4.90 Å². The minimum atomic E-state index is -0.897. The number of nitriles is 2. The van der Waals surface area contributed by atoms with E-state index in [1.54, 1.807) is 45.0 Å². The van der Waals surface area contributed by atoms with E-state index in [0.717, 1.165) is 0 Å². The zero-order chi connectivity index (χ0) is 21.3. The standard InChI is InChI=1S/C22H21FN4O2/c1-22(2,3)29-21(28)27-9-8-13-15(10-24)20(26)16(11-25)19(17(13)12-27)14-6-4-5-7-18(14)23/h4-8,15,17,26H,9,12H2,1-3H3/t15?,17-/m0/s1. The number of fused-ring (bicyclic) bond motifs is 1. The van der Waals surface area contributed by atoms with Gasteiger partial charge in [-0.25, -0.2) is 9.18 Å². The Bertz CT molecular complexity index is 1020. The fourth-order valence-electron chi connectivity index (χ4n) is 3.70. The number of benzene rings is 1. The molecular weight excluding hydrogens is 371 g/mol. The molecule has 1 N–H and O–H groups in total. The molecular formula is C22H21FN4O2. The SMILES string of the molecule is CC(C)(C)OC(=O)N1CC=C2C(C#N)C(=N)C(C#N)=C(c3ccccc3F)[C@H]2C1. The molecule has 0 saturated carbocycles. The molecule has 2 aliphatic rings. The number of amides is 1. The van der Waals surface area contributed by atoms with Crippen molar-refractivity contribution in [3.63, 3.8) is 0 Å². The van der Waals surface area contributed by atoms with Crippen LogP contribution in [0, 0.1) is 45.7 Å². The molecule has 1 heterocycles. The Labute approximate surface area is 169 Å². The predicted octanol–water partition coefficient (Wildman–Crippen LogP) is 4.07. The van der Waals surface area contributed by atoms with Crippen LogP contribution in [-0.2, 0) is 4.74 Å². The molecule has 0 fully saturated rings. The molecule has 148 valence electrons. The lowest BCUT2D eigenvalue weighted by molar-refractivity contribution is 0.0251. The van der Waals surface area contributed by atoms with E-state index >= 15 is 0 Å². The molecule has 29 heavy (non-hydrogen) atoms. The molecule has 1 aliphatic heterocycles. The van der Waals surface area contributed by atoms with E-state index in [2.05, 4.69) is 6.07 Å². The van der Waals surface area contributed by atoms with E-state index in [-0.39, 0.29) is 29.9 Å². The number of nitrogens with zero attached hydrogens (tertiary/aromatic N) is 3. The van der Waals surface area contributed by atoms with Crippen molar-refractivity contribution in [2.75, 3.05) is 13.1 Å². The Morgan fingerprint density at radius 3 is 2.59 bits per heavy atom. The lowest BCUT2D eigenvalue weighted by Gasteiger charge is -2.39. The van der Waals surface area contributed by atoms with Crippen LogP contribution in [0.15, 0.2) is 41.5 Å². The Kier molecular flexibility index (Phi) is 5.26. The second kappa shape index (κ2) is 7.52. The van der Waals surface area contributed by atoms with E-state index in [0.29, 0.717) is 11.1 Å². The summed E-state index contributed by atoms with van der Waals surface area (Å²) in [6.07, 6.45) is 1.20. The minimum absolute atomic E-state index is 0.0187. The number of nitrogens with one attached hydrogen (secondary N) is 1. The monoisotopic (exact) mass is 392 g/mol. The van der Waals surface area contributed by atoms with Gasteiger partial charge < -0.3 is 15.0 Å². The third-order valence-corrected chi connectivity index (χ3v) is 4.92. The van der Waals surface area contributed by atoms with Crippen LogP contribution in [0.5, 0.6) is 0 Å². The number of carbonyl (C=O) groups is 1. The molecule has 1 amide bonds. The first-order chi connectivity index (χ1) is 13.7. The van der Waals surface area contributed by atoms with Gasteiger partial charge >= 0.3 is 6.09 Å². The predicted molar refractivity (Wildman–Crippen MR) is 105 cm³/mol. The molecule has 3 rings (SSSR count). The molecule has 0 radical (unpaired) electrons. The van der Waals surface area contributed by atoms with Crippen molar-refractivity contribution in [3.05, 3.63) is 52.9 Å². The topological polar surface area (TPSA) is 101 Å². The van der Waals surface area contributed by atoms with Gasteiger partial charge in [-0.2, -0.15) is 10.5 Å². The van der Waals surface area contributed by atoms with Crippen LogP contribution in [0.1, 0.15) is 26.3 Å². The van der Waals surface area contributed by atoms with Crippen LogP contribution < -0.4 is 0 Å². The number of ether oxygens (including phenoxy) is 1. The van der Waals surface area contributed by atoms with Gasteiger partial charge in [0.2, 0.25) is 0 Å². The number of allylic oxidation sites excluding steroid dienone is 1. The summed E-state index contributed by atoms with van der Waals surface area (Å²) in [5.74, 6) is -1.99. The molecule has 0 aromatic heterocycles. The summed E-state index contributed by atoms with van der Waals surface area (Å²) in [5, 5.41) is 27.7. The zero-order valence-corrected chi connectivity index (χ0v) is 16.5. The fraction of sp³-hybridized carbons (Fsp3) is 0.364. The van der Waals surface area contributed by atoms with Gasteiger partial charge in [0.1, 0.15) is 23.4 Å². The first kappa shape index (κ1) is 20.3. The van der Waals surface area contributed by atoms with Gasteiger partial charge in [-0.3, -0.25) is 0 Å². The van der Waals surface area contributed by atoms with Crippen molar-refractivity contribution in [2.24, 2.45) is 11.8 Å². The van der Waals surface area contributed by atoms with Crippen molar-refractivity contribution in [3.8, 4) is 12.1 Å². The molecule has 0 bridgehead atoms. The molecule has 0 saturated heterocycles. The van der Waals surface area contributed by atoms with Crippen LogP contribution in [0.2, 0.25) is 0 Å². The second-order valence-electron chi connectivity index (χ2n) is 8.00. The van der Waals surface area contributed by atoms with E-state index in [1.807, 2.05) is 6.07 Å². The summed E-state index contributed by atoms with van der Waals surface area (Å²) < 4.78 is 20.1. The Morgan fingerprint density at radius 1 is 1.31 bits per heavy atom. The number of hydrogen-bond donors (Lipinski definition) is 1. The van der Waals surface area contributed by atoms with Crippen molar-refractivity contribution in [1.29, 1.82) is 15.9 Å². The van der Waals surface area contributed by atoms with Crippen LogP contribution in [0.3, 0.4) is 0 Å². The largest absolute Gasteiger partial charge is 0.444 e. The van der Waals surface area contributed by atoms with Crippen molar-refractivity contribution >= 4 is 17.4 Å². The number of hydrogen-bond acceptors (Lipinski definition) is 5. The van der Waals surface area contributed by atoms with Gasteiger partial charge in [0.05, 0.1) is 17.4 Å². The number of rotatable bonds is 1. The maximum absolute atomic E-state index is 14.6. The first-order valence-electron chi connectivity index (χ1n) is 9.23. The quantitative estimate of drug-likeness (QED) is 0.728. The Morgan fingerprint density at radius 2 is 2.00 bits per heavy atom. The van der Waals surface area contributed by atoms with E-state index in [4.69, 9.17) is 10.1 Å². The number of carbonyl (C=O) groups excluding carboxylic acids is 1. The fourth-order valence-corrected chi connectivity index (χ4v) is 3.70. The van der Waals surface area contributed by atoms with Gasteiger partial charge in [-0.15, -0.1) is 0 Å². The maximum atomic E-state index is 14.6. The highest BCUT2D eigenvalue weighted by Gasteiger charge is 2.42. The van der Waals surface area contributed by atoms with Crippen molar-refractivity contribution < 1.29 is 13.9 Å². The van der Waals surface area contributed by atoms with E-state index in [9.17, 15) is 19.7 Å². The summed E-state index contributed by atoms with van der Waals surface area (Å²) >= 11 is 0. The normalized spacial score (nSPS) is 21.7. The minimum Gasteiger partial charge on any atom is -0.444 e. The maximum Gasteiger partial charge on any atom is 0.410 e. The van der Waals surface area contributed by atoms with Crippen LogP contribution in [0.4, 0.5) is 9.18 Å². The highest BCUT2D eigenvalue weighted by Crippen LogP contribution is 2.44. The molecule has 1 aliphatic carbocycles. The summed E-state index contributed by atoms with van der Waals surface area (Å²) in [6.45, 7) is 5.66. The van der Waals surface area contributed by atoms with Gasteiger partial charge in [-0.05, 0) is 38.0 Å². The average molecular weight is 392 g/mol. The summed E-state index contributed by atoms with van der Waals surface area (Å²) in [6, 6.07) is 10.1. The molecule has 6 nitrogen and oxygen atoms in total. The summed E-state index contributed by atoms with van der Waals surface area (Å²) in [4.78, 5) is 14.0. The van der Waals surface area contributed by atoms with Crippen LogP contribution in [-0.4, -0.2) is 35.4 Å². The third-order valence-electron chi connectivity index (χ3n) is 4.92. The third kappa shape index (κ3) is 3.77. The van der Waals surface area contributed by atoms with Gasteiger partial charge in [-0.1, -0.05) is 24.3 Å². The zero-order valence-electron chi connectivity index (χ0n) is 16.5. The highest BCUT2D eigenvalue weighted by atomic mass is 19.1. The second-order valence-corrected chi connectivity index (χ2v) is 8.00.